The first kappa shape index (κ1) is 10.5. The Morgan fingerprint density at radius 3 is 2.85 bits per heavy atom. The van der Waals surface area contributed by atoms with Crippen LogP contribution >= 0.6 is 0 Å². The Kier molecular flexibility index (Phi) is 3.73. The molecule has 0 aliphatic heterocycles. The van der Waals surface area contributed by atoms with Crippen LogP contribution in [-0.4, -0.2) is 11.2 Å². The highest BCUT2D eigenvalue weighted by atomic mass is 16.3. The molecule has 1 nitrogen and oxygen atoms in total. The van der Waals surface area contributed by atoms with Crippen molar-refractivity contribution in [1.82, 2.24) is 0 Å². The number of rotatable bonds is 3. The lowest BCUT2D eigenvalue weighted by atomic mass is 9.83. The summed E-state index contributed by atoms with van der Waals surface area (Å²) < 4.78 is 0. The molecule has 0 heterocycles. The second-order valence-electron chi connectivity index (χ2n) is 4.02. The second-order valence-corrected chi connectivity index (χ2v) is 4.02. The van der Waals surface area contributed by atoms with Crippen LogP contribution in [0, 0.1) is 5.92 Å². The first-order valence-corrected chi connectivity index (χ1v) is 5.17. The zero-order valence-corrected chi connectivity index (χ0v) is 8.71. The molecule has 0 radical (unpaired) electrons. The van der Waals surface area contributed by atoms with Gasteiger partial charge in [0.1, 0.15) is 0 Å². The molecule has 1 rings (SSSR count). The highest BCUT2D eigenvalue weighted by Gasteiger charge is 2.17. The molecule has 0 spiro atoms. The van der Waals surface area contributed by atoms with Gasteiger partial charge in [0.2, 0.25) is 0 Å². The van der Waals surface area contributed by atoms with Gasteiger partial charge in [-0.25, -0.2) is 0 Å². The largest absolute Gasteiger partial charge is 0.389 e. The predicted octanol–water partition coefficient (Wildman–Crippen LogP) is 3.06. The quantitative estimate of drug-likeness (QED) is 0.662. The normalized spacial score (nSPS) is 25.2. The summed E-state index contributed by atoms with van der Waals surface area (Å²) >= 11 is 0. The molecule has 0 unspecified atom stereocenters. The third-order valence-electron chi connectivity index (χ3n) is 2.96. The minimum Gasteiger partial charge on any atom is -0.389 e. The SMILES string of the molecule is C=C(C)[C@@H]1CC=C([C@@H](O)CC)CC1. The predicted molar refractivity (Wildman–Crippen MR) is 56.5 cm³/mol. The molecule has 0 aromatic heterocycles. The highest BCUT2D eigenvalue weighted by Crippen LogP contribution is 2.29. The van der Waals surface area contributed by atoms with E-state index < -0.39 is 0 Å². The fourth-order valence-corrected chi connectivity index (χ4v) is 1.87. The molecule has 13 heavy (non-hydrogen) atoms. The maximum absolute atomic E-state index is 9.62. The van der Waals surface area contributed by atoms with E-state index in [1.807, 2.05) is 6.92 Å². The van der Waals surface area contributed by atoms with Gasteiger partial charge in [0.25, 0.3) is 0 Å². The molecule has 0 amide bonds. The van der Waals surface area contributed by atoms with E-state index in [4.69, 9.17) is 0 Å². The van der Waals surface area contributed by atoms with Crippen LogP contribution in [-0.2, 0) is 0 Å². The van der Waals surface area contributed by atoms with E-state index in [0.29, 0.717) is 5.92 Å². The Bertz CT molecular complexity index is 215. The van der Waals surface area contributed by atoms with Crippen LogP contribution in [0.2, 0.25) is 0 Å². The zero-order chi connectivity index (χ0) is 9.84. The molecular weight excluding hydrogens is 160 g/mol. The van der Waals surface area contributed by atoms with Crippen LogP contribution in [0.4, 0.5) is 0 Å². The van der Waals surface area contributed by atoms with E-state index in [-0.39, 0.29) is 6.10 Å². The van der Waals surface area contributed by atoms with Gasteiger partial charge in [-0.1, -0.05) is 25.2 Å². The number of hydrogen-bond acceptors (Lipinski definition) is 1. The van der Waals surface area contributed by atoms with Crippen molar-refractivity contribution in [1.29, 1.82) is 0 Å². The molecular formula is C12H20O. The first-order chi connectivity index (χ1) is 6.15. The first-order valence-electron chi connectivity index (χ1n) is 5.17. The van der Waals surface area contributed by atoms with Gasteiger partial charge in [-0.2, -0.15) is 0 Å². The van der Waals surface area contributed by atoms with Crippen molar-refractivity contribution < 1.29 is 5.11 Å². The average molecular weight is 180 g/mol. The van der Waals surface area contributed by atoms with Gasteiger partial charge in [-0.3, -0.25) is 0 Å². The molecule has 0 bridgehead atoms. The van der Waals surface area contributed by atoms with E-state index in [1.165, 1.54) is 11.1 Å². The summed E-state index contributed by atoms with van der Waals surface area (Å²) in [5.41, 5.74) is 2.52. The molecule has 0 saturated heterocycles. The maximum Gasteiger partial charge on any atom is 0.0747 e. The standard InChI is InChI=1S/C12H20O/c1-4-12(13)11-7-5-10(6-8-11)9(2)3/h7,10,12-13H,2,4-6,8H2,1,3H3/t10-,12+/m1/s1. The third kappa shape index (κ3) is 2.70. The van der Waals surface area contributed by atoms with Crippen molar-refractivity contribution in [3.63, 3.8) is 0 Å². The summed E-state index contributed by atoms with van der Waals surface area (Å²) in [7, 11) is 0. The third-order valence-corrected chi connectivity index (χ3v) is 2.96. The van der Waals surface area contributed by atoms with Crippen LogP contribution < -0.4 is 0 Å². The van der Waals surface area contributed by atoms with E-state index in [9.17, 15) is 5.11 Å². The number of aliphatic hydroxyl groups excluding tert-OH is 1. The van der Waals surface area contributed by atoms with Crippen molar-refractivity contribution >= 4 is 0 Å². The molecule has 0 aromatic carbocycles. The van der Waals surface area contributed by atoms with Crippen molar-refractivity contribution in [3.8, 4) is 0 Å². The summed E-state index contributed by atoms with van der Waals surface area (Å²) in [6.45, 7) is 8.10. The number of allylic oxidation sites excluding steroid dienone is 2. The lowest BCUT2D eigenvalue weighted by Gasteiger charge is -2.24. The van der Waals surface area contributed by atoms with Crippen molar-refractivity contribution in [3.05, 3.63) is 23.8 Å². The average Bonchev–Trinajstić information content (AvgIpc) is 2.17. The molecule has 0 fully saturated rings. The Labute approximate surface area is 81.2 Å². The summed E-state index contributed by atoms with van der Waals surface area (Å²) in [4.78, 5) is 0. The molecule has 0 aromatic rings. The Balaban J connectivity index is 2.52. The molecule has 1 N–H and O–H groups in total. The maximum atomic E-state index is 9.62. The van der Waals surface area contributed by atoms with Crippen molar-refractivity contribution in [2.45, 2.75) is 45.6 Å². The van der Waals surface area contributed by atoms with E-state index in [2.05, 4.69) is 19.6 Å². The van der Waals surface area contributed by atoms with Gasteiger partial charge in [0, 0.05) is 0 Å². The fourth-order valence-electron chi connectivity index (χ4n) is 1.87. The summed E-state index contributed by atoms with van der Waals surface area (Å²) in [5.74, 6) is 0.646. The molecule has 74 valence electrons. The summed E-state index contributed by atoms with van der Waals surface area (Å²) in [6.07, 6.45) is 6.12. The van der Waals surface area contributed by atoms with Gasteiger partial charge < -0.3 is 5.11 Å². The van der Waals surface area contributed by atoms with Crippen LogP contribution in [0.15, 0.2) is 23.8 Å². The molecule has 1 heteroatoms. The minimum atomic E-state index is -0.203. The highest BCUT2D eigenvalue weighted by molar-refractivity contribution is 5.15. The second kappa shape index (κ2) is 4.61. The number of hydrogen-bond donors (Lipinski definition) is 1. The van der Waals surface area contributed by atoms with Crippen LogP contribution in [0.1, 0.15) is 39.5 Å². The minimum absolute atomic E-state index is 0.203. The Morgan fingerprint density at radius 1 is 1.77 bits per heavy atom. The van der Waals surface area contributed by atoms with Gasteiger partial charge in [-0.05, 0) is 44.1 Å². The van der Waals surface area contributed by atoms with E-state index >= 15 is 0 Å². The fraction of sp³-hybridized carbons (Fsp3) is 0.667. The van der Waals surface area contributed by atoms with Crippen LogP contribution in [0.5, 0.6) is 0 Å². The van der Waals surface area contributed by atoms with Crippen molar-refractivity contribution in [2.75, 3.05) is 0 Å². The summed E-state index contributed by atoms with van der Waals surface area (Å²) in [5, 5.41) is 9.62. The smallest absolute Gasteiger partial charge is 0.0747 e. The Hall–Kier alpha value is -0.560. The van der Waals surface area contributed by atoms with E-state index in [0.717, 1.165) is 25.7 Å². The van der Waals surface area contributed by atoms with Gasteiger partial charge in [-0.15, -0.1) is 0 Å². The van der Waals surface area contributed by atoms with Gasteiger partial charge in [0.15, 0.2) is 0 Å². The topological polar surface area (TPSA) is 20.2 Å². The van der Waals surface area contributed by atoms with Gasteiger partial charge >= 0.3 is 0 Å². The van der Waals surface area contributed by atoms with Gasteiger partial charge in [0.05, 0.1) is 6.10 Å². The zero-order valence-electron chi connectivity index (χ0n) is 8.71. The summed E-state index contributed by atoms with van der Waals surface area (Å²) in [6, 6.07) is 0. The van der Waals surface area contributed by atoms with Crippen LogP contribution in [0.3, 0.4) is 0 Å². The van der Waals surface area contributed by atoms with E-state index in [1.54, 1.807) is 0 Å². The molecule has 1 aliphatic carbocycles. The number of aliphatic hydroxyl groups is 1. The molecule has 1 aliphatic rings. The lowest BCUT2D eigenvalue weighted by molar-refractivity contribution is 0.198. The van der Waals surface area contributed by atoms with Crippen LogP contribution in [0.25, 0.3) is 0 Å². The lowest BCUT2D eigenvalue weighted by Crippen LogP contribution is -2.15. The van der Waals surface area contributed by atoms with Crippen molar-refractivity contribution in [2.24, 2.45) is 5.92 Å². The Morgan fingerprint density at radius 2 is 2.46 bits per heavy atom. The molecule has 0 saturated carbocycles. The molecule has 2 atom stereocenters. The monoisotopic (exact) mass is 180 g/mol.